The van der Waals surface area contributed by atoms with Gasteiger partial charge >= 0.3 is 6.97 Å². The lowest BCUT2D eigenvalue weighted by Crippen LogP contribution is -2.50. The molecule has 3 aromatic rings. The molecule has 3 N–H and O–H groups in total. The molecule has 0 fully saturated rings. The van der Waals surface area contributed by atoms with E-state index in [2.05, 4.69) is 5.32 Å². The molecule has 0 spiro atoms. The molecule has 2 aliphatic heterocycles. The van der Waals surface area contributed by atoms with E-state index in [0.29, 0.717) is 47.2 Å². The zero-order valence-electron chi connectivity index (χ0n) is 20.4. The summed E-state index contributed by atoms with van der Waals surface area (Å²) in [6, 6.07) is 14.1. The van der Waals surface area contributed by atoms with Crippen molar-refractivity contribution in [3.8, 4) is 16.3 Å². The summed E-state index contributed by atoms with van der Waals surface area (Å²) in [4.78, 5) is 12.8. The van der Waals surface area contributed by atoms with Gasteiger partial charge in [0.15, 0.2) is 18.0 Å². The maximum atomic E-state index is 16.0. The summed E-state index contributed by atoms with van der Waals surface area (Å²) < 4.78 is 39.9. The SMILES string of the molecule is NCCCCCCNC(=O)COc1ccc(C2=[N+]3C(=Cc4ccc(-c5cccs5)n4[B-]3(F)F)C=C2)cc1. The number of nitrogens with zero attached hydrogens (tertiary/aromatic N) is 2. The number of unbranched alkanes of at least 4 members (excludes halogenated alkanes) is 3. The predicted molar refractivity (Wildman–Crippen MR) is 145 cm³/mol. The largest absolute Gasteiger partial charge is 0.737 e. The summed E-state index contributed by atoms with van der Waals surface area (Å²) in [7, 11) is 0. The molecule has 0 atom stereocenters. The van der Waals surface area contributed by atoms with E-state index < -0.39 is 6.97 Å². The minimum absolute atomic E-state index is 0.0965. The molecule has 0 aliphatic carbocycles. The van der Waals surface area contributed by atoms with E-state index in [0.717, 1.165) is 39.5 Å². The second-order valence-electron chi connectivity index (χ2n) is 9.10. The van der Waals surface area contributed by atoms with Crippen molar-refractivity contribution in [2.45, 2.75) is 25.7 Å². The van der Waals surface area contributed by atoms with E-state index in [1.54, 1.807) is 54.6 Å². The van der Waals surface area contributed by atoms with Crippen LogP contribution in [0.4, 0.5) is 8.63 Å². The van der Waals surface area contributed by atoms with Crippen LogP contribution in [0.15, 0.2) is 71.8 Å². The Balaban J connectivity index is 1.27. The van der Waals surface area contributed by atoms with Gasteiger partial charge in [0.05, 0.1) is 0 Å². The van der Waals surface area contributed by atoms with Gasteiger partial charge in [-0.2, -0.15) is 0 Å². The number of ether oxygens (including phenoxy) is 1. The quantitative estimate of drug-likeness (QED) is 0.279. The van der Waals surface area contributed by atoms with Gasteiger partial charge in [0.1, 0.15) is 5.75 Å². The molecular weight excluding hydrogens is 493 g/mol. The van der Waals surface area contributed by atoms with Gasteiger partial charge in [-0.05, 0) is 67.2 Å². The molecule has 0 bridgehead atoms. The van der Waals surface area contributed by atoms with Crippen molar-refractivity contribution in [3.05, 3.63) is 83.0 Å². The maximum Gasteiger partial charge on any atom is 0.737 e. The van der Waals surface area contributed by atoms with Crippen molar-refractivity contribution in [3.63, 3.8) is 0 Å². The number of carbonyl (C=O) groups excluding carboxylic acids is 1. The highest BCUT2D eigenvalue weighted by Gasteiger charge is 2.52. The number of hydrogen-bond donors (Lipinski definition) is 2. The summed E-state index contributed by atoms with van der Waals surface area (Å²) in [5, 5.41) is 4.73. The van der Waals surface area contributed by atoms with E-state index in [9.17, 15) is 4.79 Å². The fourth-order valence-corrected chi connectivity index (χ4v) is 5.50. The van der Waals surface area contributed by atoms with Gasteiger partial charge < -0.3 is 33.4 Å². The molecular formula is C27H29BF2N4O2S. The van der Waals surface area contributed by atoms with Crippen LogP contribution in [0.5, 0.6) is 5.75 Å². The van der Waals surface area contributed by atoms with Crippen LogP contribution in [0.2, 0.25) is 0 Å². The Morgan fingerprint density at radius 1 is 1.05 bits per heavy atom. The Labute approximate surface area is 218 Å². The summed E-state index contributed by atoms with van der Waals surface area (Å²) in [6.45, 7) is -2.91. The van der Waals surface area contributed by atoms with Crippen molar-refractivity contribution in [1.29, 1.82) is 0 Å². The first-order valence-corrected chi connectivity index (χ1v) is 13.4. The molecule has 6 nitrogen and oxygen atoms in total. The van der Waals surface area contributed by atoms with Crippen LogP contribution >= 0.6 is 11.3 Å². The number of nitrogens with two attached hydrogens (primary N) is 1. The van der Waals surface area contributed by atoms with Crippen molar-refractivity contribution >= 4 is 36.0 Å². The van der Waals surface area contributed by atoms with Gasteiger partial charge in [-0.3, -0.25) is 4.79 Å². The van der Waals surface area contributed by atoms with Crippen LogP contribution in [-0.4, -0.2) is 47.2 Å². The molecule has 5 rings (SSSR count). The molecule has 10 heteroatoms. The third kappa shape index (κ3) is 5.17. The zero-order chi connectivity index (χ0) is 25.8. The fraction of sp³-hybridized carbons (Fsp3) is 0.259. The summed E-state index contributed by atoms with van der Waals surface area (Å²) in [5.41, 5.74) is 8.00. The van der Waals surface area contributed by atoms with Crippen molar-refractivity contribution in [1.82, 2.24) is 9.79 Å². The summed E-state index contributed by atoms with van der Waals surface area (Å²) in [5.74, 6) is 0.314. The number of carbonyl (C=O) groups is 1. The average Bonchev–Trinajstić information content (AvgIpc) is 3.65. The van der Waals surface area contributed by atoms with Gasteiger partial charge in [-0.25, -0.2) is 0 Å². The zero-order valence-corrected chi connectivity index (χ0v) is 21.2. The first-order chi connectivity index (χ1) is 18.0. The first kappa shape index (κ1) is 25.2. The Bertz CT molecular complexity index is 1360. The van der Waals surface area contributed by atoms with E-state index in [4.69, 9.17) is 10.5 Å². The Morgan fingerprint density at radius 3 is 2.62 bits per heavy atom. The number of amides is 1. The van der Waals surface area contributed by atoms with Crippen molar-refractivity contribution in [2.24, 2.45) is 5.73 Å². The number of fused-ring (bicyclic) bond motifs is 2. The Morgan fingerprint density at radius 2 is 1.86 bits per heavy atom. The van der Waals surface area contributed by atoms with Crippen LogP contribution in [-0.2, 0) is 4.79 Å². The lowest BCUT2D eigenvalue weighted by atomic mass is 9.90. The second kappa shape index (κ2) is 10.9. The third-order valence-electron chi connectivity index (χ3n) is 6.56. The van der Waals surface area contributed by atoms with Gasteiger partial charge in [0, 0.05) is 46.6 Å². The number of halogens is 2. The number of hydrogen-bond acceptors (Lipinski definition) is 4. The predicted octanol–water partition coefficient (Wildman–Crippen LogP) is 4.88. The monoisotopic (exact) mass is 522 g/mol. The Kier molecular flexibility index (Phi) is 7.39. The van der Waals surface area contributed by atoms with Crippen molar-refractivity contribution < 1.29 is 22.6 Å². The van der Waals surface area contributed by atoms with Gasteiger partial charge in [-0.15, -0.1) is 11.3 Å². The third-order valence-corrected chi connectivity index (χ3v) is 7.46. The lowest BCUT2D eigenvalue weighted by molar-refractivity contribution is -0.360. The molecule has 0 unspecified atom stereocenters. The average molecular weight is 522 g/mol. The van der Waals surface area contributed by atoms with Crippen LogP contribution in [0.25, 0.3) is 16.6 Å². The van der Waals surface area contributed by atoms with E-state index in [1.165, 1.54) is 11.3 Å². The minimum Gasteiger partial charge on any atom is -0.484 e. The first-order valence-electron chi connectivity index (χ1n) is 12.5. The molecule has 2 aliphatic rings. The van der Waals surface area contributed by atoms with Gasteiger partial charge in [0.2, 0.25) is 0 Å². The fourth-order valence-electron chi connectivity index (χ4n) is 4.76. The molecule has 0 saturated heterocycles. The second-order valence-corrected chi connectivity index (χ2v) is 10.1. The molecule has 0 radical (unpaired) electrons. The van der Waals surface area contributed by atoms with Crippen LogP contribution < -0.4 is 15.8 Å². The number of aromatic nitrogens is 1. The van der Waals surface area contributed by atoms with Gasteiger partial charge in [0.25, 0.3) is 5.91 Å². The maximum absolute atomic E-state index is 16.0. The van der Waals surface area contributed by atoms with E-state index >= 15 is 8.63 Å². The number of allylic oxidation sites excluding steroid dienone is 2. The van der Waals surface area contributed by atoms with Crippen LogP contribution in [0.3, 0.4) is 0 Å². The molecule has 37 heavy (non-hydrogen) atoms. The minimum atomic E-state index is -4.11. The molecule has 2 aromatic heterocycles. The topological polar surface area (TPSA) is 72.3 Å². The van der Waals surface area contributed by atoms with Crippen LogP contribution in [0, 0.1) is 0 Å². The highest BCUT2D eigenvalue weighted by molar-refractivity contribution is 7.13. The number of nitrogens with one attached hydrogen (secondary N) is 1. The molecule has 4 heterocycles. The number of rotatable bonds is 11. The number of benzene rings is 1. The Hall–Kier alpha value is -3.50. The number of thiophene rings is 1. The molecule has 1 amide bonds. The molecule has 192 valence electrons. The van der Waals surface area contributed by atoms with E-state index in [1.807, 2.05) is 17.5 Å². The summed E-state index contributed by atoms with van der Waals surface area (Å²) in [6.07, 6.45) is 9.22. The van der Waals surface area contributed by atoms with Crippen LogP contribution in [0.1, 0.15) is 36.9 Å². The van der Waals surface area contributed by atoms with E-state index in [-0.39, 0.29) is 12.5 Å². The lowest BCUT2D eigenvalue weighted by Gasteiger charge is -2.30. The van der Waals surface area contributed by atoms with Gasteiger partial charge in [-0.1, -0.05) is 18.9 Å². The highest BCUT2D eigenvalue weighted by atomic mass is 32.1. The highest BCUT2D eigenvalue weighted by Crippen LogP contribution is 2.37. The summed E-state index contributed by atoms with van der Waals surface area (Å²) >= 11 is 1.44. The van der Waals surface area contributed by atoms with Crippen molar-refractivity contribution in [2.75, 3.05) is 19.7 Å². The standard InChI is InChI=1S/C27H29BF2N4O2S/c29-28(30)33-21(18-22-10-14-25(34(22)28)26-6-5-17-37-26)9-13-24(33)20-7-11-23(12-8-20)36-19-27(35)32-16-4-2-1-3-15-31/h5-14,17-18H,1-4,15-16,19,31H2,(H,32,35). The molecule has 0 saturated carbocycles. The normalized spacial score (nSPS) is 15.4. The smallest absolute Gasteiger partial charge is 0.484 e. The molecule has 1 aromatic carbocycles.